The predicted octanol–water partition coefficient (Wildman–Crippen LogP) is 6.13. The van der Waals surface area contributed by atoms with Crippen molar-refractivity contribution < 1.29 is 31.5 Å². The SMILES string of the molecule is C[C@@H]1CN(S(=O)(=O)c2cccc(C(F)(F)F)c2)[C@@H](C)CN1C[C@@]1(O)CC[C@@]2(C)[C@@H](CC[C@@H]3[C@@H]2CC[C@]2(C)C(=O)CC[C@@H]32)C1. The molecule has 0 amide bonds. The number of hydrogen-bond acceptors (Lipinski definition) is 5. The van der Waals surface area contributed by atoms with Gasteiger partial charge in [0.05, 0.1) is 16.1 Å². The molecule has 1 aromatic rings. The second-order valence-electron chi connectivity index (χ2n) is 15.2. The van der Waals surface area contributed by atoms with Crippen LogP contribution in [0, 0.1) is 34.5 Å². The number of Topliss-reactive ketones (excluding diaryl/α,β-unsaturated/α-hetero) is 1. The summed E-state index contributed by atoms with van der Waals surface area (Å²) < 4.78 is 68.1. The number of carbonyl (C=O) groups is 1. The molecule has 4 aliphatic carbocycles. The maximum atomic E-state index is 13.5. The van der Waals surface area contributed by atoms with Crippen LogP contribution in [0.1, 0.15) is 91.0 Å². The maximum absolute atomic E-state index is 13.5. The van der Waals surface area contributed by atoms with E-state index >= 15 is 0 Å². The van der Waals surface area contributed by atoms with Crippen LogP contribution in [0.5, 0.6) is 0 Å². The Bertz CT molecular complexity index is 1370. The molecule has 0 unspecified atom stereocenters. The average Bonchev–Trinajstić information content (AvgIpc) is 3.24. The highest BCUT2D eigenvalue weighted by Gasteiger charge is 2.61. The predicted molar refractivity (Wildman–Crippen MR) is 158 cm³/mol. The third kappa shape index (κ3) is 5.20. The summed E-state index contributed by atoms with van der Waals surface area (Å²) in [5.41, 5.74) is -1.81. The van der Waals surface area contributed by atoms with E-state index in [1.807, 2.05) is 6.92 Å². The molecule has 5 aliphatic rings. The number of piperazine rings is 1. The second-order valence-corrected chi connectivity index (χ2v) is 17.1. The van der Waals surface area contributed by atoms with Gasteiger partial charge in [-0.1, -0.05) is 19.9 Å². The van der Waals surface area contributed by atoms with Crippen LogP contribution in [0.15, 0.2) is 29.2 Å². The van der Waals surface area contributed by atoms with Crippen molar-refractivity contribution in [2.24, 2.45) is 34.5 Å². The molecule has 0 aromatic heterocycles. The molecule has 1 aliphatic heterocycles. The number of alkyl halides is 3. The van der Waals surface area contributed by atoms with Crippen LogP contribution < -0.4 is 0 Å². The molecule has 4 saturated carbocycles. The minimum absolute atomic E-state index is 0.136. The molecule has 0 spiro atoms. The van der Waals surface area contributed by atoms with E-state index in [9.17, 15) is 31.5 Å². The highest BCUT2D eigenvalue weighted by molar-refractivity contribution is 7.89. The van der Waals surface area contributed by atoms with Gasteiger partial charge < -0.3 is 5.11 Å². The number of hydrogen-bond donors (Lipinski definition) is 1. The highest BCUT2D eigenvalue weighted by Crippen LogP contribution is 2.66. The van der Waals surface area contributed by atoms with Crippen LogP contribution in [-0.2, 0) is 21.0 Å². The quantitative estimate of drug-likeness (QED) is 0.436. The zero-order chi connectivity index (χ0) is 31.2. The fraction of sp³-hybridized carbons (Fsp3) is 0.788. The molecule has 0 bridgehead atoms. The van der Waals surface area contributed by atoms with E-state index in [2.05, 4.69) is 18.7 Å². The molecule has 240 valence electrons. The molecule has 5 fully saturated rings. The fourth-order valence-corrected chi connectivity index (χ4v) is 12.1. The fourth-order valence-electron chi connectivity index (χ4n) is 10.3. The zero-order valence-corrected chi connectivity index (χ0v) is 26.7. The van der Waals surface area contributed by atoms with Crippen molar-refractivity contribution in [3.8, 4) is 0 Å². The van der Waals surface area contributed by atoms with E-state index in [1.54, 1.807) is 6.92 Å². The van der Waals surface area contributed by atoms with Crippen LogP contribution >= 0.6 is 0 Å². The van der Waals surface area contributed by atoms with Gasteiger partial charge in [-0.25, -0.2) is 8.42 Å². The standard InChI is InChI=1S/C33H47F3N2O4S/c1-21-19-38(43(41,42)25-7-5-6-23(16-25)33(34,35)36)22(2)18-37(21)20-32(40)15-14-30(3)24(17-32)8-9-26-27-10-11-29(39)31(27,4)13-12-28(26)30/h5-7,16,21-22,24,26-28,40H,8-15,17-20H2,1-4H3/t21-,22+,24+,26+,27+,28+,30+,31+,32-/m1/s1. The Hall–Kier alpha value is -1.49. The molecule has 0 radical (unpaired) electrons. The summed E-state index contributed by atoms with van der Waals surface area (Å²) in [6.45, 7) is 9.40. The van der Waals surface area contributed by atoms with Crippen molar-refractivity contribution in [1.82, 2.24) is 9.21 Å². The van der Waals surface area contributed by atoms with E-state index in [4.69, 9.17) is 0 Å². The number of fused-ring (bicyclic) bond motifs is 5. The van der Waals surface area contributed by atoms with Gasteiger partial charge in [0.1, 0.15) is 5.78 Å². The summed E-state index contributed by atoms with van der Waals surface area (Å²) >= 11 is 0. The van der Waals surface area contributed by atoms with Crippen molar-refractivity contribution in [2.75, 3.05) is 19.6 Å². The Kier molecular flexibility index (Phi) is 7.71. The van der Waals surface area contributed by atoms with Crippen LogP contribution in [0.4, 0.5) is 13.2 Å². The van der Waals surface area contributed by atoms with E-state index < -0.39 is 33.4 Å². The second kappa shape index (κ2) is 10.5. The summed E-state index contributed by atoms with van der Waals surface area (Å²) in [4.78, 5) is 14.6. The lowest BCUT2D eigenvalue weighted by Gasteiger charge is -2.61. The van der Waals surface area contributed by atoms with Crippen molar-refractivity contribution in [1.29, 1.82) is 0 Å². The van der Waals surface area contributed by atoms with Crippen LogP contribution in [0.3, 0.4) is 0 Å². The summed E-state index contributed by atoms with van der Waals surface area (Å²) in [6.07, 6.45) is 3.85. The number of benzene rings is 1. The first kappa shape index (κ1) is 31.5. The van der Waals surface area contributed by atoms with Gasteiger partial charge >= 0.3 is 6.18 Å². The van der Waals surface area contributed by atoms with Crippen LogP contribution in [-0.4, -0.2) is 65.8 Å². The number of ketones is 1. The average molecular weight is 625 g/mol. The highest BCUT2D eigenvalue weighted by atomic mass is 32.2. The minimum Gasteiger partial charge on any atom is -0.389 e. The lowest BCUT2D eigenvalue weighted by molar-refractivity contribution is -0.159. The molecule has 9 atom stereocenters. The first-order valence-electron chi connectivity index (χ1n) is 16.2. The molecule has 1 aromatic carbocycles. The third-order valence-corrected chi connectivity index (χ3v) is 14.8. The van der Waals surface area contributed by atoms with Crippen molar-refractivity contribution in [2.45, 2.75) is 114 Å². The van der Waals surface area contributed by atoms with Crippen molar-refractivity contribution >= 4 is 15.8 Å². The Labute approximate surface area is 254 Å². The number of carbonyl (C=O) groups excluding carboxylic acids is 1. The summed E-state index contributed by atoms with van der Waals surface area (Å²) in [7, 11) is -4.13. The summed E-state index contributed by atoms with van der Waals surface area (Å²) in [5, 5.41) is 12.0. The topological polar surface area (TPSA) is 77.9 Å². The van der Waals surface area contributed by atoms with Gasteiger partial charge in [-0.15, -0.1) is 0 Å². The van der Waals surface area contributed by atoms with Crippen LogP contribution in [0.25, 0.3) is 0 Å². The van der Waals surface area contributed by atoms with E-state index in [0.29, 0.717) is 55.0 Å². The van der Waals surface area contributed by atoms with Crippen LogP contribution in [0.2, 0.25) is 0 Å². The first-order chi connectivity index (χ1) is 20.0. The van der Waals surface area contributed by atoms with E-state index in [0.717, 1.165) is 63.5 Å². The molecule has 6 nitrogen and oxygen atoms in total. The van der Waals surface area contributed by atoms with E-state index in [-0.39, 0.29) is 28.3 Å². The summed E-state index contributed by atoms with van der Waals surface area (Å²) in [5.74, 6) is 2.59. The smallest absolute Gasteiger partial charge is 0.389 e. The molecule has 43 heavy (non-hydrogen) atoms. The molecular weight excluding hydrogens is 577 g/mol. The number of rotatable bonds is 4. The van der Waals surface area contributed by atoms with Crippen molar-refractivity contribution in [3.63, 3.8) is 0 Å². The number of nitrogens with zero attached hydrogens (tertiary/aromatic N) is 2. The third-order valence-electron chi connectivity index (χ3n) is 12.9. The molecular formula is C33H47F3N2O4S. The van der Waals surface area contributed by atoms with Gasteiger partial charge in [-0.3, -0.25) is 9.69 Å². The minimum atomic E-state index is -4.62. The summed E-state index contributed by atoms with van der Waals surface area (Å²) in [6, 6.07) is 3.32. The number of sulfonamides is 1. The lowest BCUT2D eigenvalue weighted by Crippen LogP contribution is -2.62. The van der Waals surface area contributed by atoms with Gasteiger partial charge in [0.15, 0.2) is 0 Å². The number of aliphatic hydroxyl groups is 1. The Morgan fingerprint density at radius 3 is 2.44 bits per heavy atom. The monoisotopic (exact) mass is 624 g/mol. The van der Waals surface area contributed by atoms with Gasteiger partial charge in [0.25, 0.3) is 0 Å². The molecule has 10 heteroatoms. The molecule has 1 heterocycles. The lowest BCUT2D eigenvalue weighted by atomic mass is 9.44. The molecule has 1 N–H and O–H groups in total. The first-order valence-corrected chi connectivity index (χ1v) is 17.6. The molecule has 6 rings (SSSR count). The number of β-amino-alcohol motifs (C(OH)–C–C–N with tert-alkyl or cyclic N) is 1. The van der Waals surface area contributed by atoms with Gasteiger partial charge in [-0.05, 0) is 112 Å². The largest absolute Gasteiger partial charge is 0.416 e. The van der Waals surface area contributed by atoms with Gasteiger partial charge in [0, 0.05) is 43.6 Å². The maximum Gasteiger partial charge on any atom is 0.416 e. The Morgan fingerprint density at radius 2 is 1.72 bits per heavy atom. The number of halogens is 3. The molecule has 1 saturated heterocycles. The van der Waals surface area contributed by atoms with E-state index in [1.165, 1.54) is 10.4 Å². The van der Waals surface area contributed by atoms with Gasteiger partial charge in [-0.2, -0.15) is 17.5 Å². The van der Waals surface area contributed by atoms with Crippen molar-refractivity contribution in [3.05, 3.63) is 29.8 Å². The Morgan fingerprint density at radius 1 is 0.977 bits per heavy atom. The Balaban J connectivity index is 1.13. The van der Waals surface area contributed by atoms with Gasteiger partial charge in [0.2, 0.25) is 10.0 Å². The zero-order valence-electron chi connectivity index (χ0n) is 25.9. The normalized spacial score (nSPS) is 42.7.